The van der Waals surface area contributed by atoms with Crippen LogP contribution in [0.25, 0.3) is 10.9 Å². The number of hydrogen-bond acceptors (Lipinski definition) is 14. The molecule has 6 heterocycles. The van der Waals surface area contributed by atoms with Crippen molar-refractivity contribution in [3.8, 4) is 5.75 Å². The predicted molar refractivity (Wildman–Crippen MR) is 239 cm³/mol. The number of carbonyl (C=O) groups is 5. The number of piperidine rings is 2. The van der Waals surface area contributed by atoms with Crippen molar-refractivity contribution in [3.63, 3.8) is 0 Å². The Balaban J connectivity index is 0.745. The van der Waals surface area contributed by atoms with Crippen LogP contribution in [0.3, 0.4) is 0 Å². The summed E-state index contributed by atoms with van der Waals surface area (Å²) in [5.41, 5.74) is 2.57. The number of fused-ring (bicyclic) bond motifs is 2. The van der Waals surface area contributed by atoms with Crippen molar-refractivity contribution in [3.05, 3.63) is 75.2 Å². The highest BCUT2D eigenvalue weighted by Crippen LogP contribution is 2.35. The number of benzene rings is 2. The van der Waals surface area contributed by atoms with E-state index in [0.29, 0.717) is 34.1 Å². The molecule has 2 aromatic heterocycles. The van der Waals surface area contributed by atoms with Gasteiger partial charge < -0.3 is 34.5 Å². The molecule has 0 bridgehead atoms. The molecule has 1 aliphatic carbocycles. The van der Waals surface area contributed by atoms with E-state index in [1.807, 2.05) is 38.1 Å². The first-order chi connectivity index (χ1) is 30.8. The highest BCUT2D eigenvalue weighted by molar-refractivity contribution is 6.33. The van der Waals surface area contributed by atoms with Crippen molar-refractivity contribution in [2.45, 2.75) is 82.7 Å². The number of anilines is 4. The fourth-order valence-electron chi connectivity index (χ4n) is 9.38. The summed E-state index contributed by atoms with van der Waals surface area (Å²) in [6.45, 7) is 8.35. The molecule has 0 spiro atoms. The SMILES string of the molecule is CNC(=O)COc1cc2cc(Nc3nc(N4CCC(OC5CC(N6CCN(c7ccc8c(c7)C(=O)N([C@@H]7CCC(=O)NC7=O)C8=O)CC6)C5)CC4)ncc3Cl)ccc2n(C(C)C)c1=O. The molecule has 5 amide bonds. The van der Waals surface area contributed by atoms with Gasteiger partial charge in [-0.2, -0.15) is 4.98 Å². The summed E-state index contributed by atoms with van der Waals surface area (Å²) in [6, 6.07) is 11.9. The highest BCUT2D eigenvalue weighted by atomic mass is 35.5. The number of nitrogens with one attached hydrogen (secondary N) is 3. The first-order valence-electron chi connectivity index (χ1n) is 21.9. The molecule has 3 saturated heterocycles. The van der Waals surface area contributed by atoms with Crippen LogP contribution in [0, 0.1) is 0 Å². The standard InChI is InChI=1S/C45H51ClN10O8/c1-25(2)55-35-7-4-27(18-26(35)19-37(44(55)62)63-24-39(58)47-3)49-40-34(46)23-48-45(51-40)54-12-10-30(11-13-54)64-31-20-29(21-31)53-16-14-52(15-17-53)28-5-6-32-33(22-28)43(61)56(42(32)60)36-8-9-38(57)50-41(36)59/h4-7,18-19,22-23,25,29-31,36H,8-17,20-21,24H2,1-3H3,(H,47,58)(H,48,49,51)(H,50,57,59)/t29?,31?,36-/m1/s1. The first-order valence-corrected chi connectivity index (χ1v) is 22.3. The summed E-state index contributed by atoms with van der Waals surface area (Å²) >= 11 is 6.59. The lowest BCUT2D eigenvalue weighted by molar-refractivity contribution is -0.136. The summed E-state index contributed by atoms with van der Waals surface area (Å²) in [4.78, 5) is 92.9. The second-order valence-corrected chi connectivity index (χ2v) is 17.7. The minimum atomic E-state index is -0.983. The largest absolute Gasteiger partial charge is 0.478 e. The fraction of sp³-hybridized carbons (Fsp3) is 0.467. The van der Waals surface area contributed by atoms with Gasteiger partial charge in [0.25, 0.3) is 23.3 Å². The zero-order chi connectivity index (χ0) is 44.8. The third-order valence-corrected chi connectivity index (χ3v) is 13.2. The van der Waals surface area contributed by atoms with Gasteiger partial charge >= 0.3 is 0 Å². The summed E-state index contributed by atoms with van der Waals surface area (Å²) in [6.07, 6.45) is 5.83. The number of ether oxygens (including phenoxy) is 2. The molecule has 19 heteroatoms. The Labute approximate surface area is 374 Å². The van der Waals surface area contributed by atoms with E-state index in [4.69, 9.17) is 26.1 Å². The molecular formula is C45H51ClN10O8. The molecule has 0 radical (unpaired) electrons. The Morgan fingerprint density at radius 1 is 0.891 bits per heavy atom. The van der Waals surface area contributed by atoms with Gasteiger partial charge in [-0.15, -0.1) is 0 Å². The van der Waals surface area contributed by atoms with E-state index >= 15 is 0 Å². The number of nitrogens with zero attached hydrogens (tertiary/aromatic N) is 7. The molecule has 4 fully saturated rings. The Kier molecular flexibility index (Phi) is 12.0. The van der Waals surface area contributed by atoms with Gasteiger partial charge in [0.05, 0.1) is 35.0 Å². The molecule has 0 unspecified atom stereocenters. The van der Waals surface area contributed by atoms with E-state index in [-0.39, 0.29) is 60.5 Å². The molecule has 336 valence electrons. The molecule has 9 rings (SSSR count). The molecule has 5 aliphatic rings. The van der Waals surface area contributed by atoms with Gasteiger partial charge in [0, 0.05) is 81.6 Å². The van der Waals surface area contributed by atoms with E-state index in [9.17, 15) is 28.8 Å². The summed E-state index contributed by atoms with van der Waals surface area (Å²) in [7, 11) is 1.51. The summed E-state index contributed by atoms with van der Waals surface area (Å²) in [5, 5.41) is 9.18. The van der Waals surface area contributed by atoms with E-state index in [2.05, 4.69) is 35.6 Å². The van der Waals surface area contributed by atoms with E-state index in [1.54, 1.807) is 29.0 Å². The lowest BCUT2D eigenvalue weighted by atomic mass is 9.87. The zero-order valence-electron chi connectivity index (χ0n) is 36.0. The van der Waals surface area contributed by atoms with Crippen LogP contribution in [0.4, 0.5) is 23.1 Å². The Morgan fingerprint density at radius 3 is 2.36 bits per heavy atom. The second kappa shape index (κ2) is 17.8. The van der Waals surface area contributed by atoms with Gasteiger partial charge in [0.15, 0.2) is 18.2 Å². The quantitative estimate of drug-likeness (QED) is 0.174. The van der Waals surface area contributed by atoms with Crippen molar-refractivity contribution in [1.82, 2.24) is 35.0 Å². The molecule has 4 aromatic rings. The van der Waals surface area contributed by atoms with Crippen LogP contribution in [0.5, 0.6) is 5.75 Å². The van der Waals surface area contributed by atoms with Gasteiger partial charge in [0.2, 0.25) is 17.8 Å². The number of rotatable bonds is 12. The van der Waals surface area contributed by atoms with Crippen molar-refractivity contribution < 1.29 is 33.4 Å². The van der Waals surface area contributed by atoms with Gasteiger partial charge in [-0.3, -0.25) is 43.9 Å². The minimum absolute atomic E-state index is 0.0837. The topological polar surface area (TPSA) is 201 Å². The predicted octanol–water partition coefficient (Wildman–Crippen LogP) is 3.63. The average molecular weight is 895 g/mol. The molecule has 4 aliphatic heterocycles. The van der Waals surface area contributed by atoms with Gasteiger partial charge in [0.1, 0.15) is 11.1 Å². The number of likely N-dealkylation sites (N-methyl/N-ethyl adjacent to an activating group) is 1. The molecule has 64 heavy (non-hydrogen) atoms. The van der Waals surface area contributed by atoms with Crippen LogP contribution < -0.4 is 36.0 Å². The van der Waals surface area contributed by atoms with Crippen LogP contribution in [-0.2, 0) is 19.1 Å². The van der Waals surface area contributed by atoms with Gasteiger partial charge in [-0.25, -0.2) is 4.98 Å². The third kappa shape index (κ3) is 8.48. The van der Waals surface area contributed by atoms with Crippen molar-refractivity contribution in [2.75, 3.05) is 68.0 Å². The van der Waals surface area contributed by atoms with E-state index < -0.39 is 29.7 Å². The molecule has 1 atom stereocenters. The normalized spacial score (nSPS) is 21.9. The van der Waals surface area contributed by atoms with Crippen molar-refractivity contribution in [1.29, 1.82) is 0 Å². The smallest absolute Gasteiger partial charge is 0.293 e. The number of pyridine rings is 1. The lowest BCUT2D eigenvalue weighted by Crippen LogP contribution is -2.56. The average Bonchev–Trinajstić information content (AvgIpc) is 3.52. The number of imide groups is 2. The van der Waals surface area contributed by atoms with E-state index in [1.165, 1.54) is 7.05 Å². The maximum Gasteiger partial charge on any atom is 0.293 e. The Bertz CT molecular complexity index is 2580. The van der Waals surface area contributed by atoms with Crippen LogP contribution >= 0.6 is 11.6 Å². The van der Waals surface area contributed by atoms with Crippen LogP contribution in [0.15, 0.2) is 53.5 Å². The molecular weight excluding hydrogens is 844 g/mol. The number of piperazine rings is 1. The number of hydrogen-bond donors (Lipinski definition) is 3. The van der Waals surface area contributed by atoms with Crippen molar-refractivity contribution in [2.24, 2.45) is 0 Å². The Morgan fingerprint density at radius 2 is 1.64 bits per heavy atom. The van der Waals surface area contributed by atoms with Crippen LogP contribution in [0.2, 0.25) is 5.02 Å². The zero-order valence-corrected chi connectivity index (χ0v) is 36.7. The van der Waals surface area contributed by atoms with Gasteiger partial charge in [-0.05, 0) is 88.4 Å². The number of aromatic nitrogens is 3. The number of amides is 5. The minimum Gasteiger partial charge on any atom is -0.478 e. The summed E-state index contributed by atoms with van der Waals surface area (Å²) < 4.78 is 13.8. The number of carbonyl (C=O) groups excluding carboxylic acids is 5. The number of halogens is 1. The summed E-state index contributed by atoms with van der Waals surface area (Å²) in [5.74, 6) is -1.23. The van der Waals surface area contributed by atoms with Crippen molar-refractivity contribution >= 4 is 75.2 Å². The molecule has 3 N–H and O–H groups in total. The fourth-order valence-corrected chi connectivity index (χ4v) is 9.51. The van der Waals surface area contributed by atoms with Gasteiger partial charge in [-0.1, -0.05) is 11.6 Å². The van der Waals surface area contributed by atoms with E-state index in [0.717, 1.165) is 86.4 Å². The lowest BCUT2D eigenvalue weighted by Gasteiger charge is -2.47. The molecule has 18 nitrogen and oxygen atoms in total. The first kappa shape index (κ1) is 43.2. The third-order valence-electron chi connectivity index (χ3n) is 13.0. The maximum atomic E-state index is 13.4. The maximum absolute atomic E-state index is 13.4. The monoisotopic (exact) mass is 894 g/mol. The van der Waals surface area contributed by atoms with Crippen LogP contribution in [-0.4, -0.2) is 131 Å². The van der Waals surface area contributed by atoms with Crippen LogP contribution in [0.1, 0.15) is 79.1 Å². The second-order valence-electron chi connectivity index (χ2n) is 17.3. The molecule has 2 aromatic carbocycles. The Hall–Kier alpha value is -6.11. The highest BCUT2D eigenvalue weighted by Gasteiger charge is 2.45. The molecule has 1 saturated carbocycles.